The highest BCUT2D eigenvalue weighted by Crippen LogP contribution is 1.95. The molecule has 3 nitrogen and oxygen atoms in total. The van der Waals surface area contributed by atoms with E-state index >= 15 is 0 Å². The quantitative estimate of drug-likeness (QED) is 0.629. The van der Waals surface area contributed by atoms with Gasteiger partial charge in [0.15, 0.2) is 0 Å². The van der Waals surface area contributed by atoms with Crippen molar-refractivity contribution < 1.29 is 0 Å². The molecular formula is C9H11N3. The van der Waals surface area contributed by atoms with Gasteiger partial charge in [0.05, 0.1) is 11.9 Å². The molecule has 0 amide bonds. The van der Waals surface area contributed by atoms with Gasteiger partial charge in [-0.25, -0.2) is 0 Å². The summed E-state index contributed by atoms with van der Waals surface area (Å²) < 4.78 is 0. The number of aliphatic imine (C=N–C) groups is 1. The van der Waals surface area contributed by atoms with E-state index in [1.165, 1.54) is 0 Å². The molecule has 0 radical (unpaired) electrons. The van der Waals surface area contributed by atoms with Crippen LogP contribution in [0.2, 0.25) is 0 Å². The van der Waals surface area contributed by atoms with Gasteiger partial charge in [-0.1, -0.05) is 6.58 Å². The van der Waals surface area contributed by atoms with E-state index in [4.69, 9.17) is 0 Å². The average Bonchev–Trinajstić information content (AvgIpc) is 2.15. The predicted molar refractivity (Wildman–Crippen MR) is 49.3 cm³/mol. The zero-order chi connectivity index (χ0) is 8.81. The van der Waals surface area contributed by atoms with Crippen molar-refractivity contribution in [3.8, 4) is 0 Å². The van der Waals surface area contributed by atoms with Gasteiger partial charge in [0.2, 0.25) is 0 Å². The van der Waals surface area contributed by atoms with Gasteiger partial charge in [-0.3, -0.25) is 15.0 Å². The van der Waals surface area contributed by atoms with Gasteiger partial charge in [0.1, 0.15) is 5.69 Å². The lowest BCUT2D eigenvalue weighted by atomic mass is 10.3. The van der Waals surface area contributed by atoms with Crippen molar-refractivity contribution in [3.05, 3.63) is 36.9 Å². The fraction of sp³-hybridized carbons (Fsp3) is 0.222. The van der Waals surface area contributed by atoms with Crippen LogP contribution in [0.15, 0.2) is 36.2 Å². The molecule has 0 atom stereocenters. The summed E-state index contributed by atoms with van der Waals surface area (Å²) in [4.78, 5) is 12.3. The Kier molecular flexibility index (Phi) is 3.14. The molecule has 1 aromatic rings. The van der Waals surface area contributed by atoms with E-state index in [0.29, 0.717) is 0 Å². The Morgan fingerprint density at radius 2 is 2.50 bits per heavy atom. The molecule has 0 bridgehead atoms. The largest absolute Gasteiger partial charge is 0.283 e. The van der Waals surface area contributed by atoms with E-state index < -0.39 is 0 Å². The van der Waals surface area contributed by atoms with E-state index in [1.54, 1.807) is 24.7 Å². The van der Waals surface area contributed by atoms with Gasteiger partial charge in [0.25, 0.3) is 0 Å². The molecule has 3 heteroatoms. The van der Waals surface area contributed by atoms with Crippen molar-refractivity contribution in [1.82, 2.24) is 9.97 Å². The number of rotatable bonds is 3. The Morgan fingerprint density at radius 3 is 3.00 bits per heavy atom. The summed E-state index contributed by atoms with van der Waals surface area (Å²) in [5.41, 5.74) is 1.57. The molecule has 0 N–H and O–H groups in total. The molecular weight excluding hydrogens is 150 g/mol. The molecule has 0 aromatic carbocycles. The highest BCUT2D eigenvalue weighted by molar-refractivity contribution is 6.06. The van der Waals surface area contributed by atoms with Gasteiger partial charge in [-0.05, 0) is 13.0 Å². The van der Waals surface area contributed by atoms with Crippen molar-refractivity contribution in [2.45, 2.75) is 6.92 Å². The summed E-state index contributed by atoms with van der Waals surface area (Å²) in [6.45, 7) is 6.36. The lowest BCUT2D eigenvalue weighted by Gasteiger charge is -1.97. The van der Waals surface area contributed by atoms with Gasteiger partial charge < -0.3 is 0 Å². The Bertz CT molecular complexity index is 277. The lowest BCUT2D eigenvalue weighted by Crippen LogP contribution is -2.00. The van der Waals surface area contributed by atoms with Crippen LogP contribution in [-0.2, 0) is 0 Å². The molecule has 0 aliphatic rings. The van der Waals surface area contributed by atoms with Crippen LogP contribution in [0.3, 0.4) is 0 Å². The van der Waals surface area contributed by atoms with Crippen LogP contribution in [0.5, 0.6) is 0 Å². The molecule has 0 spiro atoms. The minimum Gasteiger partial charge on any atom is -0.283 e. The SMILES string of the molecule is C=C/C(=N\CC)c1cnccn1. The molecule has 0 fully saturated rings. The van der Waals surface area contributed by atoms with E-state index in [9.17, 15) is 0 Å². The molecule has 62 valence electrons. The summed E-state index contributed by atoms with van der Waals surface area (Å²) in [5, 5.41) is 0. The summed E-state index contributed by atoms with van der Waals surface area (Å²) in [6, 6.07) is 0. The molecule has 0 saturated heterocycles. The van der Waals surface area contributed by atoms with Gasteiger partial charge in [0, 0.05) is 18.9 Å². The highest BCUT2D eigenvalue weighted by atomic mass is 14.8. The zero-order valence-corrected chi connectivity index (χ0v) is 7.07. The maximum Gasteiger partial charge on any atom is 0.106 e. The summed E-state index contributed by atoms with van der Waals surface area (Å²) in [7, 11) is 0. The monoisotopic (exact) mass is 161 g/mol. The third-order valence-corrected chi connectivity index (χ3v) is 1.35. The Balaban J connectivity index is 2.96. The zero-order valence-electron chi connectivity index (χ0n) is 7.07. The second-order valence-electron chi connectivity index (χ2n) is 2.15. The number of hydrogen-bond donors (Lipinski definition) is 0. The van der Waals surface area contributed by atoms with E-state index in [-0.39, 0.29) is 0 Å². The van der Waals surface area contributed by atoms with Gasteiger partial charge in [-0.15, -0.1) is 0 Å². The molecule has 0 aliphatic heterocycles. The van der Waals surface area contributed by atoms with Gasteiger partial charge in [-0.2, -0.15) is 0 Å². The first-order valence-electron chi connectivity index (χ1n) is 3.81. The predicted octanol–water partition coefficient (Wildman–Crippen LogP) is 1.47. The van der Waals surface area contributed by atoms with Crippen LogP contribution in [0.4, 0.5) is 0 Å². The summed E-state index contributed by atoms with van der Waals surface area (Å²) >= 11 is 0. The third-order valence-electron chi connectivity index (χ3n) is 1.35. The van der Waals surface area contributed by atoms with E-state index in [0.717, 1.165) is 18.0 Å². The van der Waals surface area contributed by atoms with Crippen molar-refractivity contribution in [2.24, 2.45) is 4.99 Å². The van der Waals surface area contributed by atoms with Gasteiger partial charge >= 0.3 is 0 Å². The highest BCUT2D eigenvalue weighted by Gasteiger charge is 1.97. The minimum absolute atomic E-state index is 0.734. The Morgan fingerprint density at radius 1 is 1.67 bits per heavy atom. The van der Waals surface area contributed by atoms with E-state index in [2.05, 4.69) is 21.5 Å². The van der Waals surface area contributed by atoms with Crippen molar-refractivity contribution in [1.29, 1.82) is 0 Å². The van der Waals surface area contributed by atoms with E-state index in [1.807, 2.05) is 6.92 Å². The molecule has 0 aliphatic carbocycles. The maximum absolute atomic E-state index is 4.21. The molecule has 1 aromatic heterocycles. The number of nitrogens with zero attached hydrogens (tertiary/aromatic N) is 3. The standard InChI is InChI=1S/C9H11N3/c1-3-8(11-4-2)9-7-10-5-6-12-9/h3,5-7H,1,4H2,2H3/b11-8+. The summed E-state index contributed by atoms with van der Waals surface area (Å²) in [6.07, 6.45) is 6.64. The molecule has 1 heterocycles. The van der Waals surface area contributed by atoms with Crippen LogP contribution < -0.4 is 0 Å². The van der Waals surface area contributed by atoms with Crippen LogP contribution in [-0.4, -0.2) is 22.2 Å². The summed E-state index contributed by atoms with van der Waals surface area (Å²) in [5.74, 6) is 0. The van der Waals surface area contributed by atoms with Crippen LogP contribution in [0, 0.1) is 0 Å². The second-order valence-corrected chi connectivity index (χ2v) is 2.15. The number of allylic oxidation sites excluding steroid dienone is 1. The van der Waals surface area contributed by atoms with Crippen LogP contribution >= 0.6 is 0 Å². The first-order valence-corrected chi connectivity index (χ1v) is 3.81. The minimum atomic E-state index is 0.734. The molecule has 0 saturated carbocycles. The average molecular weight is 161 g/mol. The van der Waals surface area contributed by atoms with Crippen molar-refractivity contribution in [2.75, 3.05) is 6.54 Å². The fourth-order valence-electron chi connectivity index (χ4n) is 0.852. The van der Waals surface area contributed by atoms with Crippen LogP contribution in [0.1, 0.15) is 12.6 Å². The van der Waals surface area contributed by atoms with Crippen molar-refractivity contribution in [3.63, 3.8) is 0 Å². The Hall–Kier alpha value is -1.51. The van der Waals surface area contributed by atoms with Crippen LogP contribution in [0.25, 0.3) is 0 Å². The molecule has 0 unspecified atom stereocenters. The molecule has 1 rings (SSSR count). The van der Waals surface area contributed by atoms with Crippen molar-refractivity contribution >= 4 is 5.71 Å². The number of hydrogen-bond acceptors (Lipinski definition) is 3. The fourth-order valence-corrected chi connectivity index (χ4v) is 0.852. The second kappa shape index (κ2) is 4.38. The first-order chi connectivity index (χ1) is 5.88. The smallest absolute Gasteiger partial charge is 0.106 e. The number of aromatic nitrogens is 2. The topological polar surface area (TPSA) is 38.1 Å². The molecule has 12 heavy (non-hydrogen) atoms. The normalized spacial score (nSPS) is 11.2. The Labute approximate surface area is 71.9 Å². The third kappa shape index (κ3) is 1.99. The maximum atomic E-state index is 4.21. The first kappa shape index (κ1) is 8.59. The lowest BCUT2D eigenvalue weighted by molar-refractivity contribution is 1.11.